The third-order valence-corrected chi connectivity index (χ3v) is 3.03. The molecule has 0 bridgehead atoms. The van der Waals surface area contributed by atoms with Gasteiger partial charge in [0, 0.05) is 12.5 Å². The summed E-state index contributed by atoms with van der Waals surface area (Å²) in [7, 11) is 0. The van der Waals surface area contributed by atoms with E-state index in [1.165, 1.54) is 0 Å². The van der Waals surface area contributed by atoms with Crippen molar-refractivity contribution in [2.45, 2.75) is 24.7 Å². The summed E-state index contributed by atoms with van der Waals surface area (Å²) in [4.78, 5) is 23.9. The molecule has 2 heterocycles. The number of nitrogens with two attached hydrogens (primary N) is 1. The molecule has 9 nitrogen and oxygen atoms in total. The van der Waals surface area contributed by atoms with E-state index < -0.39 is 41.1 Å². The van der Waals surface area contributed by atoms with Gasteiger partial charge in [-0.1, -0.05) is 0 Å². The van der Waals surface area contributed by atoms with Crippen LogP contribution in [-0.2, 0) is 4.74 Å². The van der Waals surface area contributed by atoms with Crippen LogP contribution in [0.4, 0.5) is 11.5 Å². The third-order valence-electron chi connectivity index (χ3n) is 3.03. The van der Waals surface area contributed by atoms with Crippen molar-refractivity contribution in [1.29, 1.82) is 0 Å². The second kappa shape index (κ2) is 4.96. The van der Waals surface area contributed by atoms with Gasteiger partial charge in [-0.3, -0.25) is 14.9 Å². The lowest BCUT2D eigenvalue weighted by Crippen LogP contribution is -2.24. The molecule has 19 heavy (non-hydrogen) atoms. The molecule has 9 heteroatoms. The zero-order chi connectivity index (χ0) is 14.2. The quantitative estimate of drug-likeness (QED) is 0.408. The summed E-state index contributed by atoms with van der Waals surface area (Å²) in [6.07, 6.45) is -2.46. The zero-order valence-corrected chi connectivity index (χ0v) is 9.78. The number of aliphatic hydroxyl groups excluding tert-OH is 2. The monoisotopic (exact) mass is 271 g/mol. The van der Waals surface area contributed by atoms with Crippen LogP contribution >= 0.6 is 0 Å². The summed E-state index contributed by atoms with van der Waals surface area (Å²) in [5.41, 5.74) is 4.31. The number of nitrogen functional groups attached to an aromatic ring is 1. The number of rotatable bonds is 3. The van der Waals surface area contributed by atoms with Gasteiger partial charge in [0.2, 0.25) is 0 Å². The van der Waals surface area contributed by atoms with Crippen molar-refractivity contribution in [3.8, 4) is 0 Å². The van der Waals surface area contributed by atoms with E-state index in [2.05, 4.69) is 4.98 Å². The van der Waals surface area contributed by atoms with Gasteiger partial charge in [0.15, 0.2) is 5.82 Å². The van der Waals surface area contributed by atoms with Gasteiger partial charge in [-0.25, -0.2) is 0 Å². The molecule has 1 aliphatic heterocycles. The predicted molar refractivity (Wildman–Crippen MR) is 63.5 cm³/mol. The number of aromatic nitrogens is 1. The van der Waals surface area contributed by atoms with Gasteiger partial charge in [0.25, 0.3) is 5.56 Å². The van der Waals surface area contributed by atoms with E-state index in [1.54, 1.807) is 0 Å². The first-order chi connectivity index (χ1) is 8.93. The van der Waals surface area contributed by atoms with Crippen LogP contribution in [0.15, 0.2) is 10.9 Å². The fourth-order valence-electron chi connectivity index (χ4n) is 2.03. The zero-order valence-electron chi connectivity index (χ0n) is 9.78. The smallest absolute Gasteiger partial charge is 0.309 e. The first-order valence-electron chi connectivity index (χ1n) is 5.55. The molecule has 0 saturated carbocycles. The third kappa shape index (κ3) is 2.43. The number of aliphatic hydroxyl groups is 2. The molecule has 0 unspecified atom stereocenters. The Bertz CT molecular complexity index is 557. The molecule has 0 radical (unpaired) electrons. The molecule has 5 N–H and O–H groups in total. The number of nitro groups is 1. The molecule has 104 valence electrons. The second-order valence-electron chi connectivity index (χ2n) is 4.26. The summed E-state index contributed by atoms with van der Waals surface area (Å²) in [5, 5.41) is 29.3. The van der Waals surface area contributed by atoms with E-state index >= 15 is 0 Å². The molecule has 1 saturated heterocycles. The number of nitrogens with zero attached hydrogens (tertiary/aromatic N) is 1. The van der Waals surface area contributed by atoms with Gasteiger partial charge in [0.05, 0.1) is 29.3 Å². The fourth-order valence-corrected chi connectivity index (χ4v) is 2.03. The summed E-state index contributed by atoms with van der Waals surface area (Å²) in [6.45, 7) is -0.396. The van der Waals surface area contributed by atoms with E-state index in [1.807, 2.05) is 0 Å². The lowest BCUT2D eigenvalue weighted by atomic mass is 10.1. The van der Waals surface area contributed by atoms with Crippen LogP contribution in [0.25, 0.3) is 0 Å². The Kier molecular flexibility index (Phi) is 3.51. The molecule has 1 aliphatic rings. The molecule has 2 rings (SSSR count). The van der Waals surface area contributed by atoms with Crippen LogP contribution in [-0.4, -0.2) is 38.9 Å². The molecular weight excluding hydrogens is 258 g/mol. The lowest BCUT2D eigenvalue weighted by molar-refractivity contribution is -0.384. The molecule has 0 aliphatic carbocycles. The number of nitrogens with one attached hydrogen (secondary N) is 1. The normalized spacial score (nSPS) is 26.5. The van der Waals surface area contributed by atoms with Gasteiger partial charge in [-0.05, 0) is 0 Å². The highest BCUT2D eigenvalue weighted by Gasteiger charge is 2.36. The van der Waals surface area contributed by atoms with Gasteiger partial charge in [0.1, 0.15) is 6.10 Å². The van der Waals surface area contributed by atoms with Crippen molar-refractivity contribution in [2.75, 3.05) is 12.3 Å². The van der Waals surface area contributed by atoms with E-state index in [0.717, 1.165) is 6.07 Å². The minimum Gasteiger partial charge on any atom is -0.394 e. The number of ether oxygens (including phenoxy) is 1. The van der Waals surface area contributed by atoms with Gasteiger partial charge in [-0.15, -0.1) is 0 Å². The first-order valence-corrected chi connectivity index (χ1v) is 5.55. The number of hydrogen-bond acceptors (Lipinski definition) is 7. The Morgan fingerprint density at radius 2 is 2.32 bits per heavy atom. The van der Waals surface area contributed by atoms with Crippen molar-refractivity contribution in [1.82, 2.24) is 4.98 Å². The van der Waals surface area contributed by atoms with Crippen LogP contribution in [0.1, 0.15) is 18.1 Å². The summed E-state index contributed by atoms with van der Waals surface area (Å²) >= 11 is 0. The van der Waals surface area contributed by atoms with Crippen molar-refractivity contribution >= 4 is 11.5 Å². The van der Waals surface area contributed by atoms with Gasteiger partial charge < -0.3 is 25.7 Å². The van der Waals surface area contributed by atoms with Gasteiger partial charge in [-0.2, -0.15) is 0 Å². The lowest BCUT2D eigenvalue weighted by Gasteiger charge is -2.11. The highest BCUT2D eigenvalue weighted by Crippen LogP contribution is 2.33. The van der Waals surface area contributed by atoms with Crippen molar-refractivity contribution in [2.24, 2.45) is 0 Å². The minimum atomic E-state index is -0.925. The molecule has 1 aromatic rings. The maximum atomic E-state index is 11.7. The Morgan fingerprint density at radius 1 is 1.63 bits per heavy atom. The molecule has 1 fully saturated rings. The maximum absolute atomic E-state index is 11.7. The van der Waals surface area contributed by atoms with E-state index in [-0.39, 0.29) is 17.8 Å². The molecular formula is C10H13N3O6. The molecule has 0 amide bonds. The van der Waals surface area contributed by atoms with Gasteiger partial charge >= 0.3 is 5.69 Å². The summed E-state index contributed by atoms with van der Waals surface area (Å²) < 4.78 is 5.28. The minimum absolute atomic E-state index is 0.0101. The number of aromatic amines is 1. The Hall–Kier alpha value is -1.97. The second-order valence-corrected chi connectivity index (χ2v) is 4.26. The number of H-pyrrole nitrogens is 1. The van der Waals surface area contributed by atoms with Crippen LogP contribution in [0.2, 0.25) is 0 Å². The maximum Gasteiger partial charge on any atom is 0.309 e. The van der Waals surface area contributed by atoms with E-state index in [4.69, 9.17) is 15.6 Å². The topological polar surface area (TPSA) is 152 Å². The molecule has 0 spiro atoms. The highest BCUT2D eigenvalue weighted by molar-refractivity contribution is 5.53. The van der Waals surface area contributed by atoms with E-state index in [0.29, 0.717) is 0 Å². The average molecular weight is 271 g/mol. The molecule has 0 aromatic carbocycles. The van der Waals surface area contributed by atoms with Crippen LogP contribution in [0.3, 0.4) is 0 Å². The number of hydrogen-bond donors (Lipinski definition) is 4. The predicted octanol–water partition coefficient (Wildman–Crippen LogP) is -0.951. The Balaban J connectivity index is 2.38. The largest absolute Gasteiger partial charge is 0.394 e. The molecule has 3 atom stereocenters. The van der Waals surface area contributed by atoms with Crippen molar-refractivity contribution in [3.05, 3.63) is 32.1 Å². The van der Waals surface area contributed by atoms with Crippen LogP contribution < -0.4 is 11.3 Å². The van der Waals surface area contributed by atoms with E-state index in [9.17, 15) is 20.0 Å². The first kappa shape index (κ1) is 13.5. The van der Waals surface area contributed by atoms with Crippen molar-refractivity contribution < 1.29 is 19.9 Å². The van der Waals surface area contributed by atoms with Crippen molar-refractivity contribution in [3.63, 3.8) is 0 Å². The summed E-state index contributed by atoms with van der Waals surface area (Å²) in [5.74, 6) is -0.337. The fraction of sp³-hybridized carbons (Fsp3) is 0.500. The molecule has 1 aromatic heterocycles. The Labute approximate surface area is 106 Å². The number of pyridine rings is 1. The SMILES string of the molecule is Nc1[nH]c(=O)c([C@H]2C[C@H](O)[C@@H](CO)O2)cc1[N+](=O)[O-]. The summed E-state index contributed by atoms with van der Waals surface area (Å²) in [6, 6.07) is 1.03. The average Bonchev–Trinajstić information content (AvgIpc) is 2.69. The van der Waals surface area contributed by atoms with Crippen LogP contribution in [0, 0.1) is 10.1 Å². The highest BCUT2D eigenvalue weighted by atomic mass is 16.6. The standard InChI is InChI=1S/C10H13N3O6/c11-9-5(13(17)18)1-4(10(16)12-9)7-2-6(15)8(3-14)19-7/h1,6-8,14-15H,2-3H2,(H3,11,12,16)/t6-,7+,8+/m0/s1. The Morgan fingerprint density at radius 3 is 2.84 bits per heavy atom. The number of anilines is 1. The van der Waals surface area contributed by atoms with Crippen LogP contribution in [0.5, 0.6) is 0 Å².